The number of rotatable bonds is 5. The SMILES string of the molecule is CC#Cc1cncc(-c2ccc(C)c(C3(C4CCC(OCC)CC4)N=C(C)C(N)=N3)c2)c1. The molecule has 2 heterocycles. The van der Waals surface area contributed by atoms with Crippen LogP contribution in [0, 0.1) is 24.7 Å². The molecule has 5 nitrogen and oxygen atoms in total. The summed E-state index contributed by atoms with van der Waals surface area (Å²) in [6, 6.07) is 8.60. The Morgan fingerprint density at radius 3 is 2.50 bits per heavy atom. The van der Waals surface area contributed by atoms with Crippen molar-refractivity contribution in [2.45, 2.75) is 65.1 Å². The Kier molecular flexibility index (Phi) is 6.43. The molecule has 1 unspecified atom stereocenters. The maximum Gasteiger partial charge on any atom is 0.181 e. The number of aryl methyl sites for hydroxylation is 1. The maximum absolute atomic E-state index is 6.29. The number of nitrogens with zero attached hydrogens (tertiary/aromatic N) is 3. The zero-order valence-electron chi connectivity index (χ0n) is 19.5. The fourth-order valence-electron chi connectivity index (χ4n) is 5.00. The molecule has 2 N–H and O–H groups in total. The molecule has 1 aromatic heterocycles. The van der Waals surface area contributed by atoms with Crippen molar-refractivity contribution in [1.29, 1.82) is 0 Å². The molecule has 2 aromatic rings. The van der Waals surface area contributed by atoms with Crippen LogP contribution in [0.15, 0.2) is 46.6 Å². The molecule has 1 aromatic carbocycles. The highest BCUT2D eigenvalue weighted by molar-refractivity contribution is 6.41. The van der Waals surface area contributed by atoms with Crippen molar-refractivity contribution in [3.8, 4) is 23.0 Å². The first-order valence-electron chi connectivity index (χ1n) is 11.5. The lowest BCUT2D eigenvalue weighted by molar-refractivity contribution is 0.0154. The normalized spacial score (nSPS) is 25.0. The van der Waals surface area contributed by atoms with Crippen LogP contribution in [-0.2, 0) is 10.4 Å². The molecule has 32 heavy (non-hydrogen) atoms. The van der Waals surface area contributed by atoms with Crippen LogP contribution < -0.4 is 5.73 Å². The van der Waals surface area contributed by atoms with Gasteiger partial charge in [-0.15, -0.1) is 5.92 Å². The average molecular weight is 429 g/mol. The summed E-state index contributed by atoms with van der Waals surface area (Å²) < 4.78 is 5.89. The second-order valence-electron chi connectivity index (χ2n) is 8.72. The van der Waals surface area contributed by atoms with Gasteiger partial charge < -0.3 is 10.5 Å². The number of benzene rings is 1. The topological polar surface area (TPSA) is 72.9 Å². The summed E-state index contributed by atoms with van der Waals surface area (Å²) in [5, 5.41) is 0. The van der Waals surface area contributed by atoms with Crippen molar-refractivity contribution in [1.82, 2.24) is 4.98 Å². The van der Waals surface area contributed by atoms with E-state index >= 15 is 0 Å². The van der Waals surface area contributed by atoms with Gasteiger partial charge in [0.25, 0.3) is 0 Å². The summed E-state index contributed by atoms with van der Waals surface area (Å²) in [4.78, 5) is 14.5. The van der Waals surface area contributed by atoms with E-state index in [4.69, 9.17) is 20.5 Å². The number of pyridine rings is 1. The lowest BCUT2D eigenvalue weighted by atomic mass is 9.74. The smallest absolute Gasteiger partial charge is 0.181 e. The van der Waals surface area contributed by atoms with E-state index in [0.29, 0.717) is 17.9 Å². The van der Waals surface area contributed by atoms with Crippen molar-refractivity contribution in [2.75, 3.05) is 6.61 Å². The van der Waals surface area contributed by atoms with E-state index < -0.39 is 5.66 Å². The number of ether oxygens (including phenoxy) is 1. The summed E-state index contributed by atoms with van der Waals surface area (Å²) in [5.74, 6) is 6.89. The van der Waals surface area contributed by atoms with Crippen molar-refractivity contribution in [3.05, 3.63) is 53.3 Å². The summed E-state index contributed by atoms with van der Waals surface area (Å²) >= 11 is 0. The van der Waals surface area contributed by atoms with Gasteiger partial charge in [0.15, 0.2) is 5.66 Å². The number of hydrogen-bond acceptors (Lipinski definition) is 5. The number of aliphatic imine (C=N–C) groups is 2. The van der Waals surface area contributed by atoms with Gasteiger partial charge in [-0.3, -0.25) is 9.98 Å². The fourth-order valence-corrected chi connectivity index (χ4v) is 5.00. The first kappa shape index (κ1) is 22.2. The van der Waals surface area contributed by atoms with Gasteiger partial charge in [-0.1, -0.05) is 18.1 Å². The first-order valence-corrected chi connectivity index (χ1v) is 11.5. The van der Waals surface area contributed by atoms with Gasteiger partial charge >= 0.3 is 0 Å². The van der Waals surface area contributed by atoms with Crippen molar-refractivity contribution in [2.24, 2.45) is 21.6 Å². The van der Waals surface area contributed by atoms with Crippen molar-refractivity contribution >= 4 is 11.5 Å². The number of nitrogens with two attached hydrogens (primary N) is 1. The van der Waals surface area contributed by atoms with Crippen LogP contribution in [0.5, 0.6) is 0 Å². The fraction of sp³-hybridized carbons (Fsp3) is 0.444. The minimum absolute atomic E-state index is 0.291. The first-order chi connectivity index (χ1) is 15.5. The van der Waals surface area contributed by atoms with E-state index in [1.54, 1.807) is 6.20 Å². The highest BCUT2D eigenvalue weighted by Gasteiger charge is 2.46. The van der Waals surface area contributed by atoms with E-state index in [1.807, 2.05) is 20.0 Å². The quantitative estimate of drug-likeness (QED) is 0.681. The standard InChI is InChI=1S/C27H32N4O/c1-5-7-20-14-22(17-29-16-20)21-9-8-18(3)25(15-21)27(30-19(4)26(28)31-27)23-10-12-24(13-11-23)32-6-2/h8-9,14-17,23-24H,6,10-13H2,1-4H3,(H2,28,31). The zero-order valence-corrected chi connectivity index (χ0v) is 19.5. The molecule has 0 spiro atoms. The third kappa shape index (κ3) is 4.20. The Bertz CT molecular complexity index is 1100. The third-order valence-corrected chi connectivity index (χ3v) is 6.62. The Morgan fingerprint density at radius 2 is 1.84 bits per heavy atom. The maximum atomic E-state index is 6.29. The van der Waals surface area contributed by atoms with E-state index in [0.717, 1.165) is 60.3 Å². The minimum atomic E-state index is -0.667. The number of aromatic nitrogens is 1. The predicted octanol–water partition coefficient (Wildman–Crippen LogP) is 5.01. The van der Waals surface area contributed by atoms with E-state index in [9.17, 15) is 0 Å². The molecule has 1 atom stereocenters. The molecule has 166 valence electrons. The van der Waals surface area contributed by atoms with Gasteiger partial charge in [-0.25, -0.2) is 4.99 Å². The molecule has 1 aliphatic carbocycles. The summed E-state index contributed by atoms with van der Waals surface area (Å²) in [6.07, 6.45) is 8.12. The van der Waals surface area contributed by atoms with Crippen LogP contribution in [-0.4, -0.2) is 29.2 Å². The van der Waals surface area contributed by atoms with Gasteiger partial charge in [0.05, 0.1) is 11.8 Å². The molecular formula is C27H32N4O. The van der Waals surface area contributed by atoms with Crippen molar-refractivity contribution in [3.63, 3.8) is 0 Å². The predicted molar refractivity (Wildman–Crippen MR) is 131 cm³/mol. The molecule has 1 fully saturated rings. The van der Waals surface area contributed by atoms with Gasteiger partial charge in [0, 0.05) is 41.6 Å². The molecule has 2 aliphatic rings. The Labute approximate surface area is 191 Å². The lowest BCUT2D eigenvalue weighted by Gasteiger charge is -2.38. The van der Waals surface area contributed by atoms with Gasteiger partial charge in [-0.2, -0.15) is 0 Å². The molecule has 5 heteroatoms. The van der Waals surface area contributed by atoms with E-state index in [1.165, 1.54) is 5.56 Å². The molecule has 0 bridgehead atoms. The molecule has 0 saturated heterocycles. The van der Waals surface area contributed by atoms with E-state index in [2.05, 4.69) is 54.9 Å². The molecule has 0 amide bonds. The highest BCUT2D eigenvalue weighted by atomic mass is 16.5. The van der Waals surface area contributed by atoms with Crippen LogP contribution in [0.2, 0.25) is 0 Å². The molecular weight excluding hydrogens is 396 g/mol. The van der Waals surface area contributed by atoms with Gasteiger partial charge in [-0.05, 0) is 76.6 Å². The number of hydrogen-bond donors (Lipinski definition) is 1. The van der Waals surface area contributed by atoms with E-state index in [-0.39, 0.29) is 0 Å². The van der Waals surface area contributed by atoms with Crippen LogP contribution in [0.3, 0.4) is 0 Å². The van der Waals surface area contributed by atoms with Crippen LogP contribution >= 0.6 is 0 Å². The van der Waals surface area contributed by atoms with Crippen LogP contribution in [0.1, 0.15) is 63.1 Å². The molecule has 1 aliphatic heterocycles. The van der Waals surface area contributed by atoms with Crippen LogP contribution in [0.25, 0.3) is 11.1 Å². The second-order valence-corrected chi connectivity index (χ2v) is 8.72. The molecule has 1 saturated carbocycles. The van der Waals surface area contributed by atoms with Gasteiger partial charge in [0.1, 0.15) is 5.84 Å². The average Bonchev–Trinajstić information content (AvgIpc) is 3.10. The molecule has 4 rings (SSSR count). The Morgan fingerprint density at radius 1 is 1.06 bits per heavy atom. The summed E-state index contributed by atoms with van der Waals surface area (Å²) in [5.41, 5.74) is 11.8. The van der Waals surface area contributed by atoms with Gasteiger partial charge in [0.2, 0.25) is 0 Å². The summed E-state index contributed by atoms with van der Waals surface area (Å²) in [7, 11) is 0. The third-order valence-electron chi connectivity index (χ3n) is 6.62. The monoisotopic (exact) mass is 428 g/mol. The lowest BCUT2D eigenvalue weighted by Crippen LogP contribution is -2.36. The van der Waals surface area contributed by atoms with Crippen LogP contribution in [0.4, 0.5) is 0 Å². The zero-order chi connectivity index (χ0) is 22.7. The number of amidine groups is 1. The van der Waals surface area contributed by atoms with Crippen molar-refractivity contribution < 1.29 is 4.74 Å². The Hall–Kier alpha value is -2.97. The highest BCUT2D eigenvalue weighted by Crippen LogP contribution is 2.47. The summed E-state index contributed by atoms with van der Waals surface area (Å²) in [6.45, 7) is 8.76. The molecule has 0 radical (unpaired) electrons. The largest absolute Gasteiger partial charge is 0.382 e. The second kappa shape index (κ2) is 9.26. The minimum Gasteiger partial charge on any atom is -0.382 e. The Balaban J connectivity index is 1.77.